The molecule has 3 rings (SSSR count). The Hall–Kier alpha value is -2.97. The fourth-order valence-electron chi connectivity index (χ4n) is 2.36. The smallest absolute Gasteiger partial charge is 0.307 e. The number of thioether (sulfide) groups is 1. The summed E-state index contributed by atoms with van der Waals surface area (Å²) >= 11 is 0.868. The minimum absolute atomic E-state index is 0.188. The Morgan fingerprint density at radius 3 is 2.62 bits per heavy atom. The van der Waals surface area contributed by atoms with E-state index in [1.165, 1.54) is 0 Å². The number of carbonyl (C=O) groups is 2. The predicted molar refractivity (Wildman–Crippen MR) is 98.7 cm³/mol. The van der Waals surface area contributed by atoms with Gasteiger partial charge >= 0.3 is 5.24 Å². The second kappa shape index (κ2) is 8.41. The van der Waals surface area contributed by atoms with Crippen LogP contribution in [-0.2, 0) is 0 Å². The molecule has 0 saturated heterocycles. The maximum Gasteiger partial charge on any atom is 0.307 e. The van der Waals surface area contributed by atoms with Crippen molar-refractivity contribution in [2.24, 2.45) is 0 Å². The van der Waals surface area contributed by atoms with Crippen molar-refractivity contribution in [3.63, 3.8) is 0 Å². The number of benzene rings is 2. The normalized spacial score (nSPS) is 10.5. The molecule has 2 amide bonds. The summed E-state index contributed by atoms with van der Waals surface area (Å²) in [6.45, 7) is 0.674. The fraction of sp³-hybridized carbons (Fsp3) is 0.111. The van der Waals surface area contributed by atoms with Gasteiger partial charge < -0.3 is 15.0 Å². The van der Waals surface area contributed by atoms with Gasteiger partial charge in [0.2, 0.25) is 0 Å². The van der Waals surface area contributed by atoms with E-state index < -0.39 is 5.24 Å². The third-order valence-electron chi connectivity index (χ3n) is 3.56. The molecule has 0 bridgehead atoms. The number of H-pyrrole nitrogens is 1. The number of hydrogen-bond donors (Lipinski definition) is 4. The topological polar surface area (TPSA) is 103 Å². The van der Waals surface area contributed by atoms with E-state index in [1.807, 2.05) is 30.3 Å². The summed E-state index contributed by atoms with van der Waals surface area (Å²) in [7, 11) is 0. The molecule has 0 aliphatic rings. The highest BCUT2D eigenvalue weighted by Crippen LogP contribution is 2.21. The molecule has 0 saturated carbocycles. The van der Waals surface area contributed by atoms with Crippen LogP contribution in [-0.4, -0.2) is 34.5 Å². The van der Waals surface area contributed by atoms with Gasteiger partial charge in [-0.25, -0.2) is 5.48 Å². The number of amides is 2. The number of rotatable bonds is 6. The Kier molecular flexibility index (Phi) is 5.77. The molecule has 4 N–H and O–H groups in total. The van der Waals surface area contributed by atoms with Gasteiger partial charge in [-0.1, -0.05) is 18.2 Å². The van der Waals surface area contributed by atoms with E-state index in [0.717, 1.165) is 22.7 Å². The van der Waals surface area contributed by atoms with Crippen molar-refractivity contribution in [1.29, 1.82) is 0 Å². The highest BCUT2D eigenvalue weighted by atomic mass is 32.2. The van der Waals surface area contributed by atoms with Gasteiger partial charge in [0.05, 0.1) is 6.54 Å². The Morgan fingerprint density at radius 1 is 1.12 bits per heavy atom. The SMILES string of the molecule is O=C(NO)Sc1ccc(OCCNC(=O)c2cc3ccccc3[nH]2)cc1. The van der Waals surface area contributed by atoms with E-state index in [-0.39, 0.29) is 5.91 Å². The van der Waals surface area contributed by atoms with Crippen LogP contribution in [0.1, 0.15) is 10.5 Å². The molecule has 0 aliphatic heterocycles. The lowest BCUT2D eigenvalue weighted by atomic mass is 10.2. The zero-order valence-corrected chi connectivity index (χ0v) is 14.5. The number of fused-ring (bicyclic) bond motifs is 1. The molecule has 8 heteroatoms. The molecule has 7 nitrogen and oxygen atoms in total. The summed E-state index contributed by atoms with van der Waals surface area (Å²) in [4.78, 5) is 26.9. The molecule has 0 aliphatic carbocycles. The lowest BCUT2D eigenvalue weighted by Crippen LogP contribution is -2.28. The quantitative estimate of drug-likeness (QED) is 0.231. The van der Waals surface area contributed by atoms with Gasteiger partial charge in [0.1, 0.15) is 18.1 Å². The zero-order valence-electron chi connectivity index (χ0n) is 13.7. The summed E-state index contributed by atoms with van der Waals surface area (Å²) in [5, 5.41) is 11.7. The molecule has 3 aromatic rings. The first-order valence-electron chi connectivity index (χ1n) is 7.86. The lowest BCUT2D eigenvalue weighted by Gasteiger charge is -2.08. The monoisotopic (exact) mass is 371 g/mol. The predicted octanol–water partition coefficient (Wildman–Crippen LogP) is 3.17. The Bertz CT molecular complexity index is 875. The number of nitrogens with one attached hydrogen (secondary N) is 3. The third-order valence-corrected chi connectivity index (χ3v) is 4.34. The molecular weight excluding hydrogens is 354 g/mol. The molecular formula is C18H17N3O4S. The highest BCUT2D eigenvalue weighted by Gasteiger charge is 2.08. The van der Waals surface area contributed by atoms with Gasteiger partial charge in [-0.15, -0.1) is 0 Å². The second-order valence-electron chi connectivity index (χ2n) is 5.35. The molecule has 0 radical (unpaired) electrons. The van der Waals surface area contributed by atoms with Crippen LogP contribution < -0.4 is 15.5 Å². The van der Waals surface area contributed by atoms with Crippen molar-refractivity contribution in [3.05, 3.63) is 60.3 Å². The summed E-state index contributed by atoms with van der Waals surface area (Å²) in [5.74, 6) is 0.435. The molecule has 134 valence electrons. The number of aromatic amines is 1. The molecule has 0 unspecified atom stereocenters. The number of hydroxylamine groups is 1. The average Bonchev–Trinajstić information content (AvgIpc) is 3.10. The van der Waals surface area contributed by atoms with Crippen LogP contribution in [0, 0.1) is 0 Å². The largest absolute Gasteiger partial charge is 0.492 e. The van der Waals surface area contributed by atoms with Crippen molar-refractivity contribution in [2.75, 3.05) is 13.2 Å². The van der Waals surface area contributed by atoms with Gasteiger partial charge in [0.15, 0.2) is 0 Å². The molecule has 1 heterocycles. The van der Waals surface area contributed by atoms with E-state index in [4.69, 9.17) is 9.94 Å². The summed E-state index contributed by atoms with van der Waals surface area (Å²) in [6.07, 6.45) is 0. The lowest BCUT2D eigenvalue weighted by molar-refractivity contribution is 0.0943. The standard InChI is InChI=1S/C18H17N3O4S/c22-17(16-11-12-3-1-2-4-15(12)20-16)19-9-10-25-13-5-7-14(8-6-13)26-18(23)21-24/h1-8,11,20,24H,9-10H2,(H,19,22)(H,21,23). The van der Waals surface area contributed by atoms with Crippen molar-refractivity contribution in [1.82, 2.24) is 15.8 Å². The summed E-state index contributed by atoms with van der Waals surface area (Å²) < 4.78 is 5.55. The van der Waals surface area contributed by atoms with Gasteiger partial charge in [0, 0.05) is 15.8 Å². The Morgan fingerprint density at radius 2 is 1.88 bits per heavy atom. The van der Waals surface area contributed by atoms with Gasteiger partial charge in [-0.2, -0.15) is 0 Å². The van der Waals surface area contributed by atoms with Crippen LogP contribution in [0.25, 0.3) is 10.9 Å². The van der Waals surface area contributed by atoms with Gasteiger partial charge in [-0.05, 0) is 48.2 Å². The van der Waals surface area contributed by atoms with E-state index >= 15 is 0 Å². The third kappa shape index (κ3) is 4.56. The number of carbonyl (C=O) groups excluding carboxylic acids is 2. The first kappa shape index (κ1) is 17.8. The molecule has 1 aromatic heterocycles. The molecule has 0 atom stereocenters. The zero-order chi connectivity index (χ0) is 18.4. The molecule has 26 heavy (non-hydrogen) atoms. The Balaban J connectivity index is 1.44. The number of hydrogen-bond acceptors (Lipinski definition) is 5. The number of aromatic nitrogens is 1. The number of para-hydroxylation sites is 1. The van der Waals surface area contributed by atoms with Crippen molar-refractivity contribution < 1.29 is 19.5 Å². The van der Waals surface area contributed by atoms with Crippen LogP contribution in [0.5, 0.6) is 5.75 Å². The van der Waals surface area contributed by atoms with Gasteiger partial charge in [0.25, 0.3) is 5.91 Å². The first-order valence-corrected chi connectivity index (χ1v) is 8.68. The van der Waals surface area contributed by atoms with Crippen LogP contribution in [0.3, 0.4) is 0 Å². The average molecular weight is 371 g/mol. The maximum absolute atomic E-state index is 12.1. The van der Waals surface area contributed by atoms with Crippen LogP contribution in [0.2, 0.25) is 0 Å². The van der Waals surface area contributed by atoms with Crippen molar-refractivity contribution >= 4 is 33.8 Å². The summed E-state index contributed by atoms with van der Waals surface area (Å²) in [6, 6.07) is 16.3. The minimum atomic E-state index is -0.557. The fourth-order valence-corrected chi connectivity index (χ4v) is 2.89. The van der Waals surface area contributed by atoms with Crippen LogP contribution >= 0.6 is 11.8 Å². The van der Waals surface area contributed by atoms with E-state index in [9.17, 15) is 9.59 Å². The maximum atomic E-state index is 12.1. The van der Waals surface area contributed by atoms with E-state index in [2.05, 4.69) is 10.3 Å². The van der Waals surface area contributed by atoms with Crippen molar-refractivity contribution in [2.45, 2.75) is 4.90 Å². The number of ether oxygens (including phenoxy) is 1. The van der Waals surface area contributed by atoms with Crippen LogP contribution in [0.4, 0.5) is 4.79 Å². The molecule has 2 aromatic carbocycles. The highest BCUT2D eigenvalue weighted by molar-refractivity contribution is 8.13. The minimum Gasteiger partial charge on any atom is -0.492 e. The summed E-state index contributed by atoms with van der Waals surface area (Å²) in [5.41, 5.74) is 2.98. The van der Waals surface area contributed by atoms with Crippen molar-refractivity contribution in [3.8, 4) is 5.75 Å². The van der Waals surface area contributed by atoms with E-state index in [1.54, 1.807) is 29.7 Å². The van der Waals surface area contributed by atoms with Crippen LogP contribution in [0.15, 0.2) is 59.5 Å². The Labute approximate surface area is 153 Å². The van der Waals surface area contributed by atoms with E-state index in [0.29, 0.717) is 29.5 Å². The molecule has 0 fully saturated rings. The first-order chi connectivity index (χ1) is 12.7. The molecule has 0 spiro atoms. The second-order valence-corrected chi connectivity index (χ2v) is 6.39. The van der Waals surface area contributed by atoms with Gasteiger partial charge in [-0.3, -0.25) is 14.8 Å².